The van der Waals surface area contributed by atoms with Crippen molar-refractivity contribution in [1.82, 2.24) is 24.7 Å². The molecule has 4 amide bonds. The van der Waals surface area contributed by atoms with E-state index in [0.29, 0.717) is 0 Å². The van der Waals surface area contributed by atoms with E-state index in [9.17, 15) is 24.0 Å². The topological polar surface area (TPSA) is 120 Å². The zero-order chi connectivity index (χ0) is 24.3. The van der Waals surface area contributed by atoms with Gasteiger partial charge in [-0.05, 0) is 0 Å². The number of hydrogen-bond acceptors (Lipinski definition) is 8. The number of carbonyl (C=O) groups excluding carboxylic acids is 5. The van der Waals surface area contributed by atoms with Crippen LogP contribution in [0.4, 0.5) is 0 Å². The molecule has 0 bridgehead atoms. The Morgan fingerprint density at radius 2 is 0.968 bits per heavy atom. The van der Waals surface area contributed by atoms with Crippen molar-refractivity contribution < 1.29 is 32.2 Å². The minimum atomic E-state index is -0.450. The highest BCUT2D eigenvalue weighted by Crippen LogP contribution is 2.00. The van der Waals surface area contributed by atoms with Gasteiger partial charge in [0.1, 0.15) is 6.54 Å². The van der Waals surface area contributed by atoms with Crippen LogP contribution in [0.15, 0.2) is 0 Å². The van der Waals surface area contributed by atoms with Crippen LogP contribution in [0.3, 0.4) is 0 Å². The first-order valence-corrected chi connectivity index (χ1v) is 10.3. The van der Waals surface area contributed by atoms with Gasteiger partial charge in [0.15, 0.2) is 28.8 Å². The van der Waals surface area contributed by atoms with E-state index in [2.05, 4.69) is 8.21 Å². The molecule has 12 nitrogen and oxygen atoms in total. The zero-order valence-electron chi connectivity index (χ0n) is 19.1. The molecule has 0 heterocycles. The van der Waals surface area contributed by atoms with Gasteiger partial charge in [0.05, 0.1) is 26.2 Å². The third-order valence-corrected chi connectivity index (χ3v) is 4.53. The molecule has 0 spiro atoms. The number of amides is 4. The van der Waals surface area contributed by atoms with Gasteiger partial charge in [-0.25, -0.2) is 0 Å². The lowest BCUT2D eigenvalue weighted by atomic mass is 10.1. The number of Topliss-reactive ketones (excluding diaryl/α,β-unsaturated/α-hetero) is 1. The molecule has 0 aliphatic heterocycles. The van der Waals surface area contributed by atoms with Gasteiger partial charge < -0.3 is 19.6 Å². The van der Waals surface area contributed by atoms with Crippen LogP contribution >= 0.6 is 23.0 Å². The lowest BCUT2D eigenvalue weighted by Gasteiger charge is -2.26. The van der Waals surface area contributed by atoms with Gasteiger partial charge in [-0.2, -0.15) is 0 Å². The predicted octanol–water partition coefficient (Wildman–Crippen LogP) is -0.810. The van der Waals surface area contributed by atoms with Gasteiger partial charge in [0.2, 0.25) is 23.6 Å². The number of hydrogen-bond donors (Lipinski definition) is 0. The zero-order valence-corrected chi connectivity index (χ0v) is 21.2. The molecule has 31 heavy (non-hydrogen) atoms. The van der Waals surface area contributed by atoms with Crippen LogP contribution in [-0.2, 0) is 32.2 Å². The highest BCUT2D eigenvalue weighted by Gasteiger charge is 2.23. The first-order chi connectivity index (χ1) is 14.3. The van der Waals surface area contributed by atoms with E-state index >= 15 is 0 Å². The van der Waals surface area contributed by atoms with Gasteiger partial charge in [0.25, 0.3) is 0 Å². The molecular formula is C18H32IN5O7. The summed E-state index contributed by atoms with van der Waals surface area (Å²) in [4.78, 5) is 70.2. The van der Waals surface area contributed by atoms with E-state index < -0.39 is 11.8 Å². The molecular weight excluding hydrogens is 525 g/mol. The molecule has 0 saturated heterocycles. The molecule has 13 heteroatoms. The molecule has 0 unspecified atom stereocenters. The van der Waals surface area contributed by atoms with Gasteiger partial charge in [0, 0.05) is 41.2 Å². The molecule has 0 aliphatic rings. The first-order valence-electron chi connectivity index (χ1n) is 9.45. The fourth-order valence-electron chi connectivity index (χ4n) is 2.13. The Labute approximate surface area is 196 Å². The second-order valence-electron chi connectivity index (χ2n) is 7.54. The standard InChI is InChI=1S/C18H32IN5O7/c1-13(2)14(25)8-20(3)15(26)9-21(4)16(27)10-22(5)17(28)11-23(6)18(29)12-24(7)31-30-19/h13H,8-12H2,1-7H3. The predicted molar refractivity (Wildman–Crippen MR) is 119 cm³/mol. The van der Waals surface area contributed by atoms with Gasteiger partial charge >= 0.3 is 0 Å². The second kappa shape index (κ2) is 14.3. The van der Waals surface area contributed by atoms with Crippen molar-refractivity contribution in [3.63, 3.8) is 0 Å². The maximum absolute atomic E-state index is 12.4. The molecule has 0 radical (unpaired) electrons. The largest absolute Gasteiger partial charge is 0.337 e. The summed E-state index contributed by atoms with van der Waals surface area (Å²) >= 11 is 1.51. The van der Waals surface area contributed by atoms with Crippen LogP contribution in [0.25, 0.3) is 0 Å². The molecule has 0 atom stereocenters. The maximum Gasteiger partial charge on any atom is 0.242 e. The van der Waals surface area contributed by atoms with E-state index in [1.54, 1.807) is 13.8 Å². The smallest absolute Gasteiger partial charge is 0.242 e. The summed E-state index contributed by atoms with van der Waals surface area (Å²) in [5.41, 5.74) is 0. The van der Waals surface area contributed by atoms with Crippen molar-refractivity contribution in [2.24, 2.45) is 5.92 Å². The van der Waals surface area contributed by atoms with Crippen LogP contribution in [-0.4, -0.2) is 122 Å². The number of nitrogens with zero attached hydrogens (tertiary/aromatic N) is 5. The Bertz CT molecular complexity index is 661. The molecule has 0 aromatic heterocycles. The molecule has 0 aromatic carbocycles. The molecule has 0 N–H and O–H groups in total. The van der Waals surface area contributed by atoms with Crippen LogP contribution in [0.2, 0.25) is 0 Å². The Hall–Kier alpha value is -1.84. The van der Waals surface area contributed by atoms with Crippen LogP contribution < -0.4 is 0 Å². The van der Waals surface area contributed by atoms with Crippen molar-refractivity contribution in [3.8, 4) is 0 Å². The summed E-state index contributed by atoms with van der Waals surface area (Å²) in [6.07, 6.45) is 0. The highest BCUT2D eigenvalue weighted by molar-refractivity contribution is 14.1. The van der Waals surface area contributed by atoms with Crippen molar-refractivity contribution in [1.29, 1.82) is 0 Å². The van der Waals surface area contributed by atoms with Crippen molar-refractivity contribution >= 4 is 52.4 Å². The summed E-state index contributed by atoms with van der Waals surface area (Å²) in [5, 5.41) is 1.15. The van der Waals surface area contributed by atoms with E-state index in [0.717, 1.165) is 5.06 Å². The van der Waals surface area contributed by atoms with E-state index in [4.69, 9.17) is 0 Å². The second-order valence-corrected chi connectivity index (χ2v) is 7.90. The lowest BCUT2D eigenvalue weighted by molar-refractivity contribution is -0.331. The van der Waals surface area contributed by atoms with E-state index in [1.165, 1.54) is 77.8 Å². The average molecular weight is 557 g/mol. The van der Waals surface area contributed by atoms with Gasteiger partial charge in [-0.1, -0.05) is 13.8 Å². The Kier molecular flexibility index (Phi) is 13.4. The Morgan fingerprint density at radius 3 is 1.29 bits per heavy atom. The summed E-state index contributed by atoms with van der Waals surface area (Å²) < 4.78 is 4.41. The fraction of sp³-hybridized carbons (Fsp3) is 0.722. The molecule has 0 aliphatic carbocycles. The molecule has 0 saturated carbocycles. The van der Waals surface area contributed by atoms with Crippen molar-refractivity contribution in [2.45, 2.75) is 13.8 Å². The number of rotatable bonds is 13. The SMILES string of the molecule is CC(C)C(=O)CN(C)C(=O)CN(C)C(=O)CN(C)C(=O)CN(C)C(=O)CN(C)OOI. The average Bonchev–Trinajstić information content (AvgIpc) is 2.67. The maximum atomic E-state index is 12.4. The first kappa shape index (κ1) is 29.2. The van der Waals surface area contributed by atoms with Crippen molar-refractivity contribution in [2.75, 3.05) is 68.0 Å². The van der Waals surface area contributed by atoms with Gasteiger partial charge in [-0.3, -0.25) is 24.0 Å². The third kappa shape index (κ3) is 11.4. The summed E-state index contributed by atoms with van der Waals surface area (Å²) in [6.45, 7) is 2.63. The molecule has 178 valence electrons. The molecule has 0 rings (SSSR count). The quantitative estimate of drug-likeness (QED) is 0.164. The molecule has 0 fully saturated rings. The van der Waals surface area contributed by atoms with Gasteiger partial charge in [-0.15, -0.1) is 13.3 Å². The van der Waals surface area contributed by atoms with Crippen LogP contribution in [0.1, 0.15) is 13.8 Å². The monoisotopic (exact) mass is 557 g/mol. The van der Waals surface area contributed by atoms with E-state index in [-0.39, 0.29) is 56.2 Å². The number of ketones is 1. The van der Waals surface area contributed by atoms with E-state index in [1.807, 2.05) is 0 Å². The third-order valence-electron chi connectivity index (χ3n) is 4.37. The number of hydroxylamine groups is 2. The van der Waals surface area contributed by atoms with Crippen molar-refractivity contribution in [3.05, 3.63) is 0 Å². The molecule has 0 aromatic rings. The minimum Gasteiger partial charge on any atom is -0.337 e. The Morgan fingerprint density at radius 1 is 0.645 bits per heavy atom. The number of carbonyl (C=O) groups is 5. The normalized spacial score (nSPS) is 10.8. The minimum absolute atomic E-state index is 0.0263. The number of likely N-dealkylation sites (N-methyl/N-ethyl adjacent to an activating group) is 5. The van der Waals surface area contributed by atoms with Crippen LogP contribution in [0, 0.1) is 5.92 Å². The summed E-state index contributed by atoms with van der Waals surface area (Å²) in [5.74, 6) is -1.93. The number of halogens is 1. The highest BCUT2D eigenvalue weighted by atomic mass is 127. The van der Waals surface area contributed by atoms with Crippen LogP contribution in [0.5, 0.6) is 0 Å². The summed E-state index contributed by atoms with van der Waals surface area (Å²) in [7, 11) is 7.31. The fourth-order valence-corrected chi connectivity index (χ4v) is 2.40. The summed E-state index contributed by atoms with van der Waals surface area (Å²) in [6, 6.07) is 0. The lowest BCUT2D eigenvalue weighted by Crippen LogP contribution is -2.47. The Balaban J connectivity index is 4.58.